The van der Waals surface area contributed by atoms with Gasteiger partial charge < -0.3 is 20.3 Å². The molecule has 4 aromatic rings. The highest BCUT2D eigenvalue weighted by molar-refractivity contribution is 6.32. The van der Waals surface area contributed by atoms with Gasteiger partial charge in [-0.1, -0.05) is 23.7 Å². The van der Waals surface area contributed by atoms with Gasteiger partial charge in [0, 0.05) is 82.3 Å². The van der Waals surface area contributed by atoms with Crippen LogP contribution in [0.5, 0.6) is 0 Å². The molecule has 2 saturated heterocycles. The van der Waals surface area contributed by atoms with Gasteiger partial charge in [-0.05, 0) is 56.2 Å². The van der Waals surface area contributed by atoms with Crippen molar-refractivity contribution in [3.05, 3.63) is 87.8 Å². The van der Waals surface area contributed by atoms with E-state index >= 15 is 0 Å². The molecule has 302 valence electrons. The summed E-state index contributed by atoms with van der Waals surface area (Å²) in [4.78, 5) is 69.1. The van der Waals surface area contributed by atoms with Crippen molar-refractivity contribution < 1.29 is 28.7 Å². The fourth-order valence-corrected chi connectivity index (χ4v) is 7.60. The third-order valence-electron chi connectivity index (χ3n) is 10.4. The maximum absolute atomic E-state index is 13.4. The Hall–Kier alpha value is -5.93. The number of H-pyrrole nitrogens is 1. The van der Waals surface area contributed by atoms with Crippen LogP contribution in [0.4, 0.5) is 5.69 Å². The Morgan fingerprint density at radius 1 is 1.05 bits per heavy atom. The number of aromatic amines is 1. The molecule has 4 N–H and O–H groups in total. The van der Waals surface area contributed by atoms with Crippen LogP contribution in [-0.4, -0.2) is 129 Å². The van der Waals surface area contributed by atoms with Crippen LogP contribution < -0.4 is 16.0 Å². The number of carbonyl (C=O) groups excluding carboxylic acids is 5. The molecule has 0 saturated carbocycles. The molecule has 0 radical (unpaired) electrons. The van der Waals surface area contributed by atoms with Crippen molar-refractivity contribution in [2.45, 2.75) is 51.4 Å². The topological polar surface area (TPSA) is 211 Å². The molecule has 0 spiro atoms. The number of anilines is 1. The molecule has 17 nitrogen and oxygen atoms in total. The average molecular weight is 810 g/mol. The van der Waals surface area contributed by atoms with Crippen LogP contribution in [0.25, 0.3) is 11.3 Å². The Morgan fingerprint density at radius 3 is 2.60 bits per heavy atom. The Kier molecular flexibility index (Phi) is 12.6. The summed E-state index contributed by atoms with van der Waals surface area (Å²) < 4.78 is 7.61. The predicted molar refractivity (Wildman–Crippen MR) is 212 cm³/mol. The highest BCUT2D eigenvalue weighted by Crippen LogP contribution is 2.32. The predicted octanol–water partition coefficient (Wildman–Crippen LogP) is 2.65. The summed E-state index contributed by atoms with van der Waals surface area (Å²) in [6.07, 6.45) is 2.87. The number of imide groups is 2. The van der Waals surface area contributed by atoms with Crippen LogP contribution >= 0.6 is 11.6 Å². The molecule has 5 heterocycles. The van der Waals surface area contributed by atoms with Gasteiger partial charge in [-0.2, -0.15) is 15.5 Å². The van der Waals surface area contributed by atoms with Crippen molar-refractivity contribution in [3.8, 4) is 17.3 Å². The first-order valence-electron chi connectivity index (χ1n) is 19.3. The molecule has 2 aromatic heterocycles. The van der Waals surface area contributed by atoms with E-state index in [4.69, 9.17) is 21.6 Å². The molecular weight excluding hydrogens is 766 g/mol. The van der Waals surface area contributed by atoms with Crippen LogP contribution in [0.3, 0.4) is 0 Å². The lowest BCUT2D eigenvalue weighted by atomic mass is 10.0. The third kappa shape index (κ3) is 9.27. The summed E-state index contributed by atoms with van der Waals surface area (Å²) in [6.45, 7) is 9.05. The first-order valence-corrected chi connectivity index (χ1v) is 19.6. The Bertz CT molecular complexity index is 2240. The zero-order chi connectivity index (χ0) is 40.8. The van der Waals surface area contributed by atoms with Gasteiger partial charge in [0.05, 0.1) is 46.3 Å². The number of halogens is 1. The maximum Gasteiger partial charge on any atom is 0.272 e. The quantitative estimate of drug-likeness (QED) is 0.0951. The van der Waals surface area contributed by atoms with Gasteiger partial charge in [-0.3, -0.25) is 48.9 Å². The standard InChI is InChI=1S/C40H44ClN11O6/c1-25(23-51-13-10-31(48-51)26-6-7-27(22-42)30(41)20-26)44-37(54)33-21-28(46-47-33)24-58-19-3-12-49-15-17-50(18-16-49)14-11-43-32-5-2-4-29-36(32)40(57)52(39(29)56)34-8-9-35(53)45-38(34)55/h2,4-7,10,13,20-21,25,34,43H,3,8-9,11-12,14-19,23-24H2,1H3,(H,44,54)(H,46,47)(H,45,53,55)/t25-,34?/m1/s1. The number of ether oxygens (including phenoxy) is 1. The van der Waals surface area contributed by atoms with Gasteiger partial charge in [0.2, 0.25) is 11.8 Å². The van der Waals surface area contributed by atoms with Gasteiger partial charge in [0.1, 0.15) is 17.8 Å². The summed E-state index contributed by atoms with van der Waals surface area (Å²) in [7, 11) is 0. The number of benzene rings is 2. The molecule has 2 atom stereocenters. The van der Waals surface area contributed by atoms with Crippen molar-refractivity contribution in [1.29, 1.82) is 5.26 Å². The number of amides is 5. The second-order valence-electron chi connectivity index (χ2n) is 14.6. The lowest BCUT2D eigenvalue weighted by Crippen LogP contribution is -2.54. The van der Waals surface area contributed by atoms with Crippen LogP contribution in [0.2, 0.25) is 5.02 Å². The zero-order valence-corrected chi connectivity index (χ0v) is 32.8. The van der Waals surface area contributed by atoms with Crippen LogP contribution in [0.1, 0.15) is 68.6 Å². The summed E-state index contributed by atoms with van der Waals surface area (Å²) >= 11 is 6.17. The molecule has 2 aromatic carbocycles. The number of hydrogen-bond acceptors (Lipinski definition) is 12. The minimum Gasteiger partial charge on any atom is -0.383 e. The number of nitriles is 1. The van der Waals surface area contributed by atoms with E-state index in [1.807, 2.05) is 25.3 Å². The van der Waals surface area contributed by atoms with E-state index in [1.165, 1.54) is 0 Å². The number of piperazine rings is 1. The highest BCUT2D eigenvalue weighted by atomic mass is 35.5. The fourth-order valence-electron chi connectivity index (χ4n) is 7.38. The summed E-state index contributed by atoms with van der Waals surface area (Å²) in [6, 6.07) is 14.6. The number of aromatic nitrogens is 4. The van der Waals surface area contributed by atoms with E-state index in [1.54, 1.807) is 47.1 Å². The lowest BCUT2D eigenvalue weighted by Gasteiger charge is -2.34. The van der Waals surface area contributed by atoms with E-state index in [0.717, 1.165) is 56.2 Å². The lowest BCUT2D eigenvalue weighted by molar-refractivity contribution is -0.136. The van der Waals surface area contributed by atoms with Crippen LogP contribution in [0.15, 0.2) is 54.7 Å². The molecule has 3 aliphatic heterocycles. The number of carbonyl (C=O) groups is 5. The minimum absolute atomic E-state index is 0.0748. The zero-order valence-electron chi connectivity index (χ0n) is 32.0. The van der Waals surface area contributed by atoms with E-state index in [0.29, 0.717) is 54.0 Å². The molecule has 0 aliphatic carbocycles. The largest absolute Gasteiger partial charge is 0.383 e. The number of rotatable bonds is 16. The monoisotopic (exact) mass is 809 g/mol. The second kappa shape index (κ2) is 18.1. The van der Waals surface area contributed by atoms with Crippen molar-refractivity contribution in [2.75, 3.05) is 57.7 Å². The third-order valence-corrected chi connectivity index (χ3v) is 10.7. The van der Waals surface area contributed by atoms with Gasteiger partial charge in [0.15, 0.2) is 0 Å². The first-order chi connectivity index (χ1) is 28.1. The molecular formula is C40H44ClN11O6. The van der Waals surface area contributed by atoms with Crippen LogP contribution in [0, 0.1) is 11.3 Å². The minimum atomic E-state index is -0.999. The number of hydrogen-bond donors (Lipinski definition) is 4. The van der Waals surface area contributed by atoms with Crippen molar-refractivity contribution in [3.63, 3.8) is 0 Å². The van der Waals surface area contributed by atoms with Crippen molar-refractivity contribution >= 4 is 46.8 Å². The molecule has 5 amide bonds. The fraction of sp³-hybridized carbons (Fsp3) is 0.400. The number of fused-ring (bicyclic) bond motifs is 1. The molecule has 0 bridgehead atoms. The van der Waals surface area contributed by atoms with Crippen molar-refractivity contribution in [1.82, 2.24) is 45.3 Å². The van der Waals surface area contributed by atoms with E-state index in [2.05, 4.69) is 41.0 Å². The van der Waals surface area contributed by atoms with E-state index in [-0.39, 0.29) is 41.6 Å². The summed E-state index contributed by atoms with van der Waals surface area (Å²) in [5.74, 6) is -2.38. The molecule has 18 heteroatoms. The summed E-state index contributed by atoms with van der Waals surface area (Å²) in [5.41, 5.74) is 3.97. The highest BCUT2D eigenvalue weighted by Gasteiger charge is 2.45. The summed E-state index contributed by atoms with van der Waals surface area (Å²) in [5, 5.41) is 29.6. The number of nitrogens with one attached hydrogen (secondary N) is 4. The molecule has 2 fully saturated rings. The Balaban J connectivity index is 0.766. The number of nitrogens with zero attached hydrogens (tertiary/aromatic N) is 7. The first kappa shape index (κ1) is 40.3. The maximum atomic E-state index is 13.4. The SMILES string of the molecule is C[C@H](Cn1ccc(-c2ccc(C#N)c(Cl)c2)n1)NC(=O)c1cc(COCCCN2CCN(CCNc3cccc4c3C(=O)N(C3CCC(=O)NC3=O)C4=O)CC2)[nH]n1. The van der Waals surface area contributed by atoms with Gasteiger partial charge >= 0.3 is 0 Å². The second-order valence-corrected chi connectivity index (χ2v) is 15.0. The van der Waals surface area contributed by atoms with Crippen LogP contribution in [-0.2, 0) is 27.5 Å². The smallest absolute Gasteiger partial charge is 0.272 e. The molecule has 3 aliphatic rings. The van der Waals surface area contributed by atoms with Gasteiger partial charge in [-0.25, -0.2) is 0 Å². The van der Waals surface area contributed by atoms with E-state index in [9.17, 15) is 24.0 Å². The molecule has 7 rings (SSSR count). The van der Waals surface area contributed by atoms with Gasteiger partial charge in [0.25, 0.3) is 17.7 Å². The molecule has 58 heavy (non-hydrogen) atoms. The normalized spacial score (nSPS) is 17.9. The Morgan fingerprint density at radius 2 is 1.84 bits per heavy atom. The van der Waals surface area contributed by atoms with Gasteiger partial charge in [-0.15, -0.1) is 0 Å². The van der Waals surface area contributed by atoms with E-state index < -0.39 is 29.7 Å². The molecule has 1 unspecified atom stereocenters. The Labute approximate surface area is 339 Å². The van der Waals surface area contributed by atoms with Crippen molar-refractivity contribution in [2.24, 2.45) is 0 Å². The number of piperidine rings is 1. The average Bonchev–Trinajstić information content (AvgIpc) is 3.94.